The fourth-order valence-electron chi connectivity index (χ4n) is 1.05. The van der Waals surface area contributed by atoms with Crippen LogP contribution in [0.3, 0.4) is 0 Å². The minimum atomic E-state index is 0.993. The molecule has 1 aromatic rings. The molecular formula is C11H15N. The van der Waals surface area contributed by atoms with Crippen molar-refractivity contribution in [1.82, 2.24) is 0 Å². The Balaban J connectivity index is 2.97. The van der Waals surface area contributed by atoms with E-state index in [-0.39, 0.29) is 0 Å². The highest BCUT2D eigenvalue weighted by Gasteiger charge is 1.93. The van der Waals surface area contributed by atoms with E-state index in [1.54, 1.807) is 0 Å². The highest BCUT2D eigenvalue weighted by Crippen LogP contribution is 2.19. The molecule has 1 aromatic carbocycles. The van der Waals surface area contributed by atoms with Crippen molar-refractivity contribution in [2.24, 2.45) is 4.99 Å². The lowest BCUT2D eigenvalue weighted by Gasteiger charge is -2.00. The summed E-state index contributed by atoms with van der Waals surface area (Å²) < 4.78 is 0. The summed E-state index contributed by atoms with van der Waals surface area (Å²) in [5.41, 5.74) is 3.60. The Bertz CT molecular complexity index is 287. The summed E-state index contributed by atoms with van der Waals surface area (Å²) in [7, 11) is 0. The van der Waals surface area contributed by atoms with Gasteiger partial charge in [-0.05, 0) is 37.5 Å². The van der Waals surface area contributed by atoms with E-state index >= 15 is 0 Å². The van der Waals surface area contributed by atoms with Gasteiger partial charge in [0.25, 0.3) is 0 Å². The monoisotopic (exact) mass is 161 g/mol. The third-order valence-electron chi connectivity index (χ3n) is 1.78. The van der Waals surface area contributed by atoms with E-state index in [2.05, 4.69) is 44.0 Å². The summed E-state index contributed by atoms with van der Waals surface area (Å²) in [5.74, 6) is 0. The van der Waals surface area contributed by atoms with Gasteiger partial charge in [-0.2, -0.15) is 0 Å². The maximum Gasteiger partial charge on any atom is 0.0657 e. The Morgan fingerprint density at radius 2 is 2.08 bits per heavy atom. The van der Waals surface area contributed by atoms with Crippen molar-refractivity contribution in [3.8, 4) is 0 Å². The first-order valence-corrected chi connectivity index (χ1v) is 4.34. The van der Waals surface area contributed by atoms with Crippen LogP contribution in [0.5, 0.6) is 0 Å². The lowest BCUT2D eigenvalue weighted by atomic mass is 10.1. The summed E-state index contributed by atoms with van der Waals surface area (Å²) in [6.45, 7) is 6.26. The van der Waals surface area contributed by atoms with E-state index in [0.29, 0.717) is 0 Å². The van der Waals surface area contributed by atoms with Crippen LogP contribution in [0, 0.1) is 13.8 Å². The molecule has 0 radical (unpaired) electrons. The van der Waals surface area contributed by atoms with E-state index in [1.165, 1.54) is 11.1 Å². The average molecular weight is 161 g/mol. The van der Waals surface area contributed by atoms with Gasteiger partial charge in [0, 0.05) is 6.21 Å². The minimum Gasteiger partial charge on any atom is -0.261 e. The second kappa shape index (κ2) is 4.05. The summed E-state index contributed by atoms with van der Waals surface area (Å²) in [6.07, 6.45) is 2.94. The molecule has 12 heavy (non-hydrogen) atoms. The molecule has 1 heteroatoms. The zero-order chi connectivity index (χ0) is 8.97. The standard InChI is InChI=1S/C11H15N/c1-4-7-12-11-8-9(2)5-6-10(11)3/h5-8H,4H2,1-3H3/b12-7-. The molecule has 0 saturated carbocycles. The van der Waals surface area contributed by atoms with Crippen molar-refractivity contribution >= 4 is 11.9 Å². The first-order valence-electron chi connectivity index (χ1n) is 4.34. The van der Waals surface area contributed by atoms with Crippen molar-refractivity contribution in [2.75, 3.05) is 0 Å². The fraction of sp³-hybridized carbons (Fsp3) is 0.364. The minimum absolute atomic E-state index is 0.993. The van der Waals surface area contributed by atoms with Crippen LogP contribution in [0.15, 0.2) is 23.2 Å². The van der Waals surface area contributed by atoms with Gasteiger partial charge >= 0.3 is 0 Å². The Kier molecular flexibility index (Phi) is 3.03. The van der Waals surface area contributed by atoms with Crippen molar-refractivity contribution in [3.63, 3.8) is 0 Å². The molecule has 0 N–H and O–H groups in total. The van der Waals surface area contributed by atoms with Crippen LogP contribution in [0.25, 0.3) is 0 Å². The quantitative estimate of drug-likeness (QED) is 0.589. The predicted octanol–water partition coefficient (Wildman–Crippen LogP) is 3.42. The molecule has 0 aromatic heterocycles. The SMILES string of the molecule is CC/C=N\c1cc(C)ccc1C. The number of rotatable bonds is 2. The second-order valence-electron chi connectivity index (χ2n) is 3.01. The molecule has 0 spiro atoms. The molecule has 1 rings (SSSR count). The molecule has 0 saturated heterocycles. The van der Waals surface area contributed by atoms with Crippen LogP contribution in [-0.4, -0.2) is 6.21 Å². The molecule has 0 amide bonds. The van der Waals surface area contributed by atoms with Gasteiger partial charge < -0.3 is 0 Å². The fourth-order valence-corrected chi connectivity index (χ4v) is 1.05. The number of nitrogens with zero attached hydrogens (tertiary/aromatic N) is 1. The van der Waals surface area contributed by atoms with Crippen LogP contribution < -0.4 is 0 Å². The third-order valence-corrected chi connectivity index (χ3v) is 1.78. The van der Waals surface area contributed by atoms with E-state index in [0.717, 1.165) is 12.1 Å². The Labute approximate surface area is 74.2 Å². The molecule has 0 heterocycles. The molecule has 0 atom stereocenters. The van der Waals surface area contributed by atoms with Crippen LogP contribution in [0.4, 0.5) is 5.69 Å². The largest absolute Gasteiger partial charge is 0.261 e. The Hall–Kier alpha value is -1.11. The molecular weight excluding hydrogens is 146 g/mol. The Morgan fingerprint density at radius 1 is 1.33 bits per heavy atom. The first-order chi connectivity index (χ1) is 5.74. The molecule has 0 aliphatic rings. The maximum atomic E-state index is 4.36. The molecule has 0 unspecified atom stereocenters. The topological polar surface area (TPSA) is 12.4 Å². The van der Waals surface area contributed by atoms with E-state index in [4.69, 9.17) is 0 Å². The van der Waals surface area contributed by atoms with Crippen molar-refractivity contribution in [3.05, 3.63) is 29.3 Å². The van der Waals surface area contributed by atoms with Crippen molar-refractivity contribution in [1.29, 1.82) is 0 Å². The van der Waals surface area contributed by atoms with Gasteiger partial charge in [-0.15, -0.1) is 0 Å². The lowest BCUT2D eigenvalue weighted by molar-refractivity contribution is 1.29. The van der Waals surface area contributed by atoms with Crippen LogP contribution in [0.1, 0.15) is 24.5 Å². The van der Waals surface area contributed by atoms with Gasteiger partial charge in [0.1, 0.15) is 0 Å². The summed E-state index contributed by atoms with van der Waals surface area (Å²) in [4.78, 5) is 4.36. The molecule has 0 aliphatic carbocycles. The van der Waals surface area contributed by atoms with Crippen molar-refractivity contribution < 1.29 is 0 Å². The second-order valence-corrected chi connectivity index (χ2v) is 3.01. The smallest absolute Gasteiger partial charge is 0.0657 e. The summed E-state index contributed by atoms with van der Waals surface area (Å²) in [5, 5.41) is 0. The van der Waals surface area contributed by atoms with Gasteiger partial charge in [-0.1, -0.05) is 19.1 Å². The first kappa shape index (κ1) is 8.98. The number of benzene rings is 1. The lowest BCUT2D eigenvalue weighted by Crippen LogP contribution is -1.77. The van der Waals surface area contributed by atoms with Gasteiger partial charge in [0.05, 0.1) is 5.69 Å². The molecule has 0 bridgehead atoms. The molecule has 0 aliphatic heterocycles. The van der Waals surface area contributed by atoms with E-state index < -0.39 is 0 Å². The molecule has 1 nitrogen and oxygen atoms in total. The highest BCUT2D eigenvalue weighted by molar-refractivity contribution is 5.64. The maximum absolute atomic E-state index is 4.36. The Morgan fingerprint density at radius 3 is 2.75 bits per heavy atom. The van der Waals surface area contributed by atoms with Crippen LogP contribution in [-0.2, 0) is 0 Å². The molecule has 64 valence electrons. The average Bonchev–Trinajstić information content (AvgIpc) is 2.07. The van der Waals surface area contributed by atoms with Gasteiger partial charge in [-0.25, -0.2) is 0 Å². The van der Waals surface area contributed by atoms with Gasteiger partial charge in [-0.3, -0.25) is 4.99 Å². The number of hydrogen-bond donors (Lipinski definition) is 0. The number of aliphatic imine (C=N–C) groups is 1. The van der Waals surface area contributed by atoms with Gasteiger partial charge in [0.15, 0.2) is 0 Å². The third kappa shape index (κ3) is 2.19. The van der Waals surface area contributed by atoms with Crippen LogP contribution >= 0.6 is 0 Å². The zero-order valence-electron chi connectivity index (χ0n) is 7.96. The van der Waals surface area contributed by atoms with E-state index in [9.17, 15) is 0 Å². The molecule has 0 fully saturated rings. The number of aryl methyl sites for hydroxylation is 2. The van der Waals surface area contributed by atoms with Crippen LogP contribution in [0.2, 0.25) is 0 Å². The highest BCUT2D eigenvalue weighted by atomic mass is 14.7. The zero-order valence-corrected chi connectivity index (χ0v) is 7.96. The van der Waals surface area contributed by atoms with Crippen molar-refractivity contribution in [2.45, 2.75) is 27.2 Å². The number of hydrogen-bond acceptors (Lipinski definition) is 1. The summed E-state index contributed by atoms with van der Waals surface area (Å²) in [6, 6.07) is 6.33. The normalized spacial score (nSPS) is 10.9. The van der Waals surface area contributed by atoms with Gasteiger partial charge in [0.2, 0.25) is 0 Å². The van der Waals surface area contributed by atoms with E-state index in [1.807, 2.05) is 6.21 Å². The predicted molar refractivity (Wildman–Crippen MR) is 54.4 cm³/mol. The summed E-state index contributed by atoms with van der Waals surface area (Å²) >= 11 is 0.